The van der Waals surface area contributed by atoms with Crippen LogP contribution in [0.25, 0.3) is 44.2 Å². The summed E-state index contributed by atoms with van der Waals surface area (Å²) < 4.78 is 15.6. The number of ether oxygens (including phenoxy) is 3. The Morgan fingerprint density at radius 1 is 0.766 bits per heavy atom. The number of imidazole rings is 2. The van der Waals surface area contributed by atoms with Crippen LogP contribution in [0.1, 0.15) is 78.1 Å². The Balaban J connectivity index is 0.00000341. The van der Waals surface area contributed by atoms with Crippen LogP contribution in [0.3, 0.4) is 0 Å². The molecule has 0 spiro atoms. The number of fused-ring (bicyclic) bond motifs is 2. The molecule has 3 N–H and O–H groups in total. The van der Waals surface area contributed by atoms with Crippen molar-refractivity contribution in [3.63, 3.8) is 0 Å². The highest BCUT2D eigenvalue weighted by Crippen LogP contribution is 2.36. The molecular weight excluding hydrogens is 897 g/mol. The molecule has 2 aliphatic rings. The zero-order valence-corrected chi connectivity index (χ0v) is 39.6. The van der Waals surface area contributed by atoms with E-state index in [-0.39, 0.29) is 92.7 Å². The third-order valence-electron chi connectivity index (χ3n) is 11.3. The first kappa shape index (κ1) is 57.6. The number of hydrogen-bond acceptors (Lipinski definition) is 11. The summed E-state index contributed by atoms with van der Waals surface area (Å²) in [4.78, 5) is 73.3. The van der Waals surface area contributed by atoms with Crippen LogP contribution in [-0.4, -0.2) is 120 Å². The largest absolute Gasteiger partial charge is 0.453 e. The van der Waals surface area contributed by atoms with E-state index in [1.165, 1.54) is 21.3 Å². The summed E-state index contributed by atoms with van der Waals surface area (Å²) in [6.07, 6.45) is 4.38. The van der Waals surface area contributed by atoms with E-state index in [1.807, 2.05) is 11.0 Å². The summed E-state index contributed by atoms with van der Waals surface area (Å²) >= 11 is 0. The Morgan fingerprint density at radius 2 is 1.34 bits per heavy atom. The van der Waals surface area contributed by atoms with Crippen LogP contribution in [0.4, 0.5) is 4.79 Å². The van der Waals surface area contributed by atoms with Crippen molar-refractivity contribution in [3.05, 3.63) is 72.4 Å². The first-order valence-electron chi connectivity index (χ1n) is 19.4. The number of carbonyl (C=O) groups excluding carboxylic acids is 3. The van der Waals surface area contributed by atoms with Gasteiger partial charge in [0.05, 0.1) is 61.4 Å². The topological polar surface area (TPSA) is 186 Å². The minimum Gasteiger partial charge on any atom is -0.453 e. The molecule has 7 rings (SSSR count). The summed E-state index contributed by atoms with van der Waals surface area (Å²) in [5, 5.41) is 4.77. The van der Waals surface area contributed by atoms with E-state index in [4.69, 9.17) is 29.1 Å². The Labute approximate surface area is 403 Å². The number of aromatic nitrogens is 4. The third kappa shape index (κ3) is 12.3. The van der Waals surface area contributed by atoms with E-state index in [1.54, 1.807) is 32.1 Å². The summed E-state index contributed by atoms with van der Waals surface area (Å²) in [7, 11) is 5.68. The van der Waals surface area contributed by atoms with Crippen molar-refractivity contribution in [3.8, 4) is 22.4 Å². The molecule has 16 nitrogen and oxygen atoms in total. The summed E-state index contributed by atoms with van der Waals surface area (Å²) in [6, 6.07) is 16.6. The highest BCUT2D eigenvalue weighted by molar-refractivity contribution is 7.59. The molecule has 3 amide bonds. The number of carbonyl (C=O) groups is 3. The molecule has 0 aliphatic carbocycles. The van der Waals surface area contributed by atoms with Crippen molar-refractivity contribution in [1.82, 2.24) is 35.1 Å². The Hall–Kier alpha value is -4.44. The van der Waals surface area contributed by atoms with E-state index in [0.717, 1.165) is 82.1 Å². The first-order valence-corrected chi connectivity index (χ1v) is 19.4. The van der Waals surface area contributed by atoms with Gasteiger partial charge in [-0.2, -0.15) is 58.9 Å². The minimum absolute atomic E-state index is 0. The lowest BCUT2D eigenvalue weighted by Crippen LogP contribution is -2.54. The molecule has 20 heteroatoms. The van der Waals surface area contributed by atoms with Gasteiger partial charge in [-0.25, -0.2) is 19.8 Å². The van der Waals surface area contributed by atoms with E-state index in [2.05, 4.69) is 73.7 Å². The summed E-state index contributed by atoms with van der Waals surface area (Å²) in [5.74, 6) is 1.02. The number of rotatable bonds is 14. The van der Waals surface area contributed by atoms with Gasteiger partial charge in [-0.1, -0.05) is 45.2 Å². The lowest BCUT2D eigenvalue weighted by molar-refractivity contribution is -0.188. The molecule has 6 atom stereocenters. The summed E-state index contributed by atoms with van der Waals surface area (Å²) in [5.41, 5.74) is 5.61. The standard InChI is InChI=1S/C42H50N8O8.2CH4.4H2S/c1-24(54-3)36(44-23-58-57-6)40(51)50-18-8-10-35(50)39-45-31-16-15-29(21-32(31)46-39)27-11-12-28-20-30(14-13-26(28)19-27)33-22-43-38(47-33)34-9-7-17-49(34)41(52)37(25(2)55-4)48-42(53)56-5;;;;;;/h11-16,19-25,34-37H,7-10,17-18H2,1-6H3,(H,43,47)(H,45,46)(H,48,53);2*1H4;4*1H2/t24-,25-,34+,35+,36+,37+;;;;;;/m1....../s1. The first-order chi connectivity index (χ1) is 28.1. The van der Waals surface area contributed by atoms with Gasteiger partial charge in [-0.15, -0.1) is 0 Å². The molecule has 3 aromatic carbocycles. The van der Waals surface area contributed by atoms with Crippen molar-refractivity contribution in [2.24, 2.45) is 4.99 Å². The zero-order valence-electron chi connectivity index (χ0n) is 35.6. The fourth-order valence-electron chi connectivity index (χ4n) is 7.94. The molecule has 0 saturated carbocycles. The van der Waals surface area contributed by atoms with Gasteiger partial charge in [-0.3, -0.25) is 9.59 Å². The molecule has 0 bridgehead atoms. The van der Waals surface area contributed by atoms with Crippen molar-refractivity contribution in [2.45, 2.75) is 90.8 Å². The number of methoxy groups -OCH3 is 3. The normalized spacial score (nSPS) is 17.3. The van der Waals surface area contributed by atoms with Gasteiger partial charge in [-0.05, 0) is 85.7 Å². The van der Waals surface area contributed by atoms with E-state index in [9.17, 15) is 14.4 Å². The number of amides is 3. The Bertz CT molecular complexity index is 2310. The second-order valence-corrected chi connectivity index (χ2v) is 14.6. The van der Waals surface area contributed by atoms with Crippen LogP contribution < -0.4 is 5.32 Å². The van der Waals surface area contributed by atoms with Crippen LogP contribution in [0.5, 0.6) is 0 Å². The molecule has 0 unspecified atom stereocenters. The van der Waals surface area contributed by atoms with Gasteiger partial charge in [0.15, 0.2) is 6.04 Å². The second kappa shape index (κ2) is 25.9. The molecular formula is C44H66N8O8S4. The monoisotopic (exact) mass is 962 g/mol. The van der Waals surface area contributed by atoms with E-state index in [0.29, 0.717) is 18.9 Å². The van der Waals surface area contributed by atoms with Gasteiger partial charge < -0.3 is 44.2 Å². The number of H-pyrrole nitrogens is 2. The quantitative estimate of drug-likeness (QED) is 0.0434. The molecule has 5 aromatic rings. The molecule has 0 radical (unpaired) electrons. The molecule has 4 heterocycles. The van der Waals surface area contributed by atoms with Crippen LogP contribution >= 0.6 is 54.0 Å². The zero-order chi connectivity index (χ0) is 40.9. The number of benzene rings is 3. The predicted molar refractivity (Wildman–Crippen MR) is 272 cm³/mol. The van der Waals surface area contributed by atoms with E-state index >= 15 is 0 Å². The lowest BCUT2D eigenvalue weighted by Gasteiger charge is -2.30. The van der Waals surface area contributed by atoms with Gasteiger partial charge >= 0.3 is 6.09 Å². The lowest BCUT2D eigenvalue weighted by atomic mass is 9.99. The van der Waals surface area contributed by atoms with Crippen molar-refractivity contribution in [1.29, 1.82) is 0 Å². The molecule has 2 saturated heterocycles. The maximum absolute atomic E-state index is 13.7. The van der Waals surface area contributed by atoms with Crippen molar-refractivity contribution in [2.75, 3.05) is 41.5 Å². The molecule has 64 heavy (non-hydrogen) atoms. The molecule has 2 fully saturated rings. The molecule has 354 valence electrons. The van der Waals surface area contributed by atoms with Gasteiger partial charge in [0.1, 0.15) is 17.7 Å². The highest BCUT2D eigenvalue weighted by Gasteiger charge is 2.39. The fraction of sp³-hybridized carbons (Fsp3) is 0.455. The predicted octanol–water partition coefficient (Wildman–Crippen LogP) is 7.59. The molecule has 2 aromatic heterocycles. The number of hydrogen-bond donors (Lipinski definition) is 3. The van der Waals surface area contributed by atoms with E-state index < -0.39 is 30.4 Å². The minimum atomic E-state index is -0.899. The molecule has 2 aliphatic heterocycles. The average Bonchev–Trinajstić information content (AvgIpc) is 4.09. The maximum Gasteiger partial charge on any atom is 0.407 e. The van der Waals surface area contributed by atoms with Crippen molar-refractivity contribution < 1.29 is 38.4 Å². The third-order valence-corrected chi connectivity index (χ3v) is 11.3. The number of aliphatic imine (C=N–C) groups is 1. The summed E-state index contributed by atoms with van der Waals surface area (Å²) in [6.45, 7) is 4.67. The number of alkyl carbamates (subject to hydrolysis) is 1. The van der Waals surface area contributed by atoms with Crippen LogP contribution in [0.2, 0.25) is 0 Å². The number of likely N-dealkylation sites (tertiary alicyclic amines) is 2. The van der Waals surface area contributed by atoms with Crippen molar-refractivity contribution >= 4 is 100 Å². The van der Waals surface area contributed by atoms with Gasteiger partial charge in [0.25, 0.3) is 5.91 Å². The highest BCUT2D eigenvalue weighted by atomic mass is 32.1. The SMILES string of the molecule is C.C.COOC=N[C@H](C(=O)N1CCC[C@H]1c1nc2ccc(-c3ccc4cc(-c5cnc([C@@H]6CCCN6C(=O)[C@@H](NC(=O)OC)[C@@H](C)OC)[nH]5)ccc4c3)cc2[nH]1)[C@@H](C)OC.S.S.S.S. The van der Waals surface area contributed by atoms with Gasteiger partial charge in [0.2, 0.25) is 12.3 Å². The van der Waals surface area contributed by atoms with Crippen LogP contribution in [0, 0.1) is 0 Å². The van der Waals surface area contributed by atoms with Crippen LogP contribution in [-0.2, 0) is 33.6 Å². The second-order valence-electron chi connectivity index (χ2n) is 14.6. The Morgan fingerprint density at radius 3 is 1.97 bits per heavy atom. The Kier molecular flexibility index (Phi) is 23.3. The maximum atomic E-state index is 13.7. The number of nitrogens with zero attached hydrogens (tertiary/aromatic N) is 5. The van der Waals surface area contributed by atoms with Crippen LogP contribution in [0.15, 0.2) is 65.8 Å². The number of aromatic amines is 2. The van der Waals surface area contributed by atoms with Gasteiger partial charge in [0, 0.05) is 32.9 Å². The smallest absolute Gasteiger partial charge is 0.407 e. The number of nitrogens with one attached hydrogen (secondary N) is 3. The average molecular weight is 963 g/mol. The fourth-order valence-corrected chi connectivity index (χ4v) is 7.94.